The fourth-order valence-corrected chi connectivity index (χ4v) is 4.57. The Labute approximate surface area is 136 Å². The van der Waals surface area contributed by atoms with Gasteiger partial charge in [0.1, 0.15) is 0 Å². The van der Waals surface area contributed by atoms with Crippen molar-refractivity contribution in [3.8, 4) is 0 Å². The Morgan fingerprint density at radius 2 is 1.50 bits per heavy atom. The van der Waals surface area contributed by atoms with Crippen molar-refractivity contribution in [3.05, 3.63) is 73.3 Å². The number of hydrogen-bond acceptors (Lipinski definition) is 1. The van der Waals surface area contributed by atoms with Crippen LogP contribution in [0.1, 0.15) is 32.6 Å². The zero-order valence-corrected chi connectivity index (χ0v) is 14.4. The average molecular weight is 310 g/mol. The molecule has 2 rings (SSSR count). The summed E-state index contributed by atoms with van der Waals surface area (Å²) in [7, 11) is -1.22. The summed E-state index contributed by atoms with van der Waals surface area (Å²) in [6.45, 7) is 6.20. The van der Waals surface area contributed by atoms with Crippen molar-refractivity contribution < 1.29 is 4.43 Å². The molecule has 0 aliphatic rings. The fraction of sp³-hybridized carbons (Fsp3) is 0.300. The number of unbranched alkanes of at least 4 members (excludes halogenated alkanes) is 2. The molecule has 2 aromatic carbocycles. The maximum atomic E-state index is 6.50. The van der Waals surface area contributed by atoms with Crippen molar-refractivity contribution in [2.75, 3.05) is 0 Å². The van der Waals surface area contributed by atoms with Crippen LogP contribution in [0.15, 0.2) is 73.3 Å². The van der Waals surface area contributed by atoms with Gasteiger partial charge in [-0.3, -0.25) is 0 Å². The largest absolute Gasteiger partial charge is 0.401 e. The van der Waals surface area contributed by atoms with Crippen LogP contribution >= 0.6 is 0 Å². The van der Waals surface area contributed by atoms with E-state index in [-0.39, 0.29) is 6.10 Å². The summed E-state index contributed by atoms with van der Waals surface area (Å²) >= 11 is 0. The Hall–Kier alpha value is -1.64. The lowest BCUT2D eigenvalue weighted by Gasteiger charge is -2.22. The van der Waals surface area contributed by atoms with E-state index in [4.69, 9.17) is 4.43 Å². The highest BCUT2D eigenvalue weighted by Gasteiger charge is 2.22. The van der Waals surface area contributed by atoms with Crippen LogP contribution in [0.2, 0.25) is 0 Å². The molecule has 0 spiro atoms. The van der Waals surface area contributed by atoms with Crippen LogP contribution in [0.25, 0.3) is 0 Å². The Morgan fingerprint density at radius 3 is 1.95 bits per heavy atom. The van der Waals surface area contributed by atoms with E-state index in [0.717, 1.165) is 6.42 Å². The van der Waals surface area contributed by atoms with Gasteiger partial charge in [0.25, 0.3) is 9.04 Å². The van der Waals surface area contributed by atoms with E-state index in [1.807, 2.05) is 6.08 Å². The van der Waals surface area contributed by atoms with Gasteiger partial charge >= 0.3 is 0 Å². The molecule has 0 N–H and O–H groups in total. The van der Waals surface area contributed by atoms with Crippen LogP contribution in [0.3, 0.4) is 0 Å². The van der Waals surface area contributed by atoms with Gasteiger partial charge in [-0.1, -0.05) is 92.9 Å². The molecule has 0 saturated carbocycles. The van der Waals surface area contributed by atoms with Gasteiger partial charge in [0.2, 0.25) is 0 Å². The van der Waals surface area contributed by atoms with Crippen molar-refractivity contribution in [2.45, 2.75) is 38.7 Å². The molecule has 0 fully saturated rings. The lowest BCUT2D eigenvalue weighted by atomic mass is 10.1. The number of benzene rings is 2. The van der Waals surface area contributed by atoms with Crippen molar-refractivity contribution in [1.82, 2.24) is 0 Å². The fourth-order valence-electron chi connectivity index (χ4n) is 2.45. The van der Waals surface area contributed by atoms with Gasteiger partial charge in [-0.15, -0.1) is 6.58 Å². The number of hydrogen-bond donors (Lipinski definition) is 0. The first-order valence-electron chi connectivity index (χ1n) is 8.12. The van der Waals surface area contributed by atoms with E-state index in [1.54, 1.807) is 0 Å². The third kappa shape index (κ3) is 4.97. The second-order valence-corrected chi connectivity index (χ2v) is 7.50. The smallest absolute Gasteiger partial charge is 0.283 e. The van der Waals surface area contributed by atoms with E-state index in [9.17, 15) is 0 Å². The Kier molecular flexibility index (Phi) is 7.14. The van der Waals surface area contributed by atoms with E-state index < -0.39 is 9.04 Å². The second-order valence-electron chi connectivity index (χ2n) is 5.45. The maximum absolute atomic E-state index is 6.50. The Bertz CT molecular complexity index is 499. The van der Waals surface area contributed by atoms with E-state index in [2.05, 4.69) is 74.2 Å². The molecule has 1 nitrogen and oxygen atoms in total. The summed E-state index contributed by atoms with van der Waals surface area (Å²) in [5, 5.41) is 2.59. The highest BCUT2D eigenvalue weighted by atomic mass is 28.3. The van der Waals surface area contributed by atoms with Crippen molar-refractivity contribution in [2.24, 2.45) is 0 Å². The highest BCUT2D eigenvalue weighted by Crippen LogP contribution is 2.09. The summed E-state index contributed by atoms with van der Waals surface area (Å²) in [5.41, 5.74) is 0. The molecular formula is C20H25OSi. The molecule has 0 amide bonds. The molecule has 1 unspecified atom stereocenters. The van der Waals surface area contributed by atoms with E-state index in [0.29, 0.717) is 0 Å². The topological polar surface area (TPSA) is 9.23 Å². The van der Waals surface area contributed by atoms with Crippen molar-refractivity contribution in [1.29, 1.82) is 0 Å². The molecule has 0 saturated heterocycles. The molecule has 0 bridgehead atoms. The SMILES string of the molecule is C=CC(CCCCC)O[Si](c1ccccc1)c1ccccc1. The molecule has 0 aliphatic carbocycles. The van der Waals surface area contributed by atoms with E-state index >= 15 is 0 Å². The monoisotopic (exact) mass is 309 g/mol. The van der Waals surface area contributed by atoms with Crippen LogP contribution in [-0.4, -0.2) is 15.1 Å². The third-order valence-electron chi connectivity index (χ3n) is 3.70. The summed E-state index contributed by atoms with van der Waals surface area (Å²) in [6.07, 6.45) is 6.86. The van der Waals surface area contributed by atoms with Crippen molar-refractivity contribution in [3.63, 3.8) is 0 Å². The summed E-state index contributed by atoms with van der Waals surface area (Å²) in [5.74, 6) is 0. The zero-order valence-electron chi connectivity index (χ0n) is 13.4. The van der Waals surface area contributed by atoms with Gasteiger partial charge in [-0.25, -0.2) is 0 Å². The van der Waals surface area contributed by atoms with Crippen LogP contribution in [-0.2, 0) is 4.43 Å². The van der Waals surface area contributed by atoms with Crippen LogP contribution in [0, 0.1) is 0 Å². The van der Waals surface area contributed by atoms with Crippen molar-refractivity contribution >= 4 is 19.4 Å². The highest BCUT2D eigenvalue weighted by molar-refractivity contribution is 6.80. The minimum absolute atomic E-state index is 0.140. The normalized spacial score (nSPS) is 12.3. The van der Waals surface area contributed by atoms with Gasteiger partial charge in [-0.05, 0) is 16.8 Å². The Balaban J connectivity index is 2.16. The molecule has 1 atom stereocenters. The summed E-state index contributed by atoms with van der Waals surface area (Å²) in [4.78, 5) is 0. The van der Waals surface area contributed by atoms with Crippen LogP contribution < -0.4 is 10.4 Å². The molecule has 2 heteroatoms. The standard InChI is InChI=1S/C20H25OSi/c1-3-5-8-13-18(4-2)21-22(19-14-9-6-10-15-19)20-16-11-7-12-17-20/h4,6-7,9-12,14-18H,2-3,5,8,13H2,1H3. The predicted octanol–water partition coefficient (Wildman–Crippen LogP) is 3.94. The minimum atomic E-state index is -1.22. The molecular weight excluding hydrogens is 284 g/mol. The average Bonchev–Trinajstić information content (AvgIpc) is 2.59. The third-order valence-corrected chi connectivity index (χ3v) is 5.95. The second kappa shape index (κ2) is 9.39. The first-order chi connectivity index (χ1) is 10.8. The van der Waals surface area contributed by atoms with Gasteiger partial charge in [0.15, 0.2) is 0 Å². The quantitative estimate of drug-likeness (QED) is 0.387. The van der Waals surface area contributed by atoms with Crippen LogP contribution in [0.5, 0.6) is 0 Å². The van der Waals surface area contributed by atoms with Crippen LogP contribution in [0.4, 0.5) is 0 Å². The molecule has 2 aromatic rings. The molecule has 0 heterocycles. The van der Waals surface area contributed by atoms with Gasteiger partial charge < -0.3 is 4.43 Å². The summed E-state index contributed by atoms with van der Waals surface area (Å²) < 4.78 is 6.50. The lowest BCUT2D eigenvalue weighted by Crippen LogP contribution is -2.46. The first kappa shape index (κ1) is 16.7. The lowest BCUT2D eigenvalue weighted by molar-refractivity contribution is 0.244. The minimum Gasteiger partial charge on any atom is -0.401 e. The zero-order chi connectivity index (χ0) is 15.6. The molecule has 115 valence electrons. The number of rotatable bonds is 9. The maximum Gasteiger partial charge on any atom is 0.283 e. The molecule has 22 heavy (non-hydrogen) atoms. The Morgan fingerprint density at radius 1 is 0.955 bits per heavy atom. The molecule has 0 aliphatic heterocycles. The molecule has 0 aromatic heterocycles. The van der Waals surface area contributed by atoms with Gasteiger partial charge in [0.05, 0.1) is 6.10 Å². The first-order valence-corrected chi connectivity index (χ1v) is 9.53. The summed E-state index contributed by atoms with van der Waals surface area (Å²) in [6, 6.07) is 21.2. The predicted molar refractivity (Wildman–Crippen MR) is 97.1 cm³/mol. The van der Waals surface area contributed by atoms with Gasteiger partial charge in [-0.2, -0.15) is 0 Å². The van der Waals surface area contributed by atoms with E-state index in [1.165, 1.54) is 29.6 Å². The molecule has 1 radical (unpaired) electrons. The van der Waals surface area contributed by atoms with Gasteiger partial charge in [0, 0.05) is 0 Å².